The summed E-state index contributed by atoms with van der Waals surface area (Å²) in [4.78, 5) is 12.0. The Labute approximate surface area is 109 Å². The van der Waals surface area contributed by atoms with E-state index in [1.54, 1.807) is 45.0 Å². The van der Waals surface area contributed by atoms with Gasteiger partial charge in [0.05, 0.1) is 5.02 Å². The van der Waals surface area contributed by atoms with E-state index >= 15 is 0 Å². The van der Waals surface area contributed by atoms with Gasteiger partial charge in [-0.25, -0.2) is 4.79 Å². The molecule has 0 aromatic heterocycles. The van der Waals surface area contributed by atoms with Crippen molar-refractivity contribution in [2.45, 2.75) is 31.3 Å². The predicted molar refractivity (Wildman–Crippen MR) is 68.6 cm³/mol. The van der Waals surface area contributed by atoms with Crippen LogP contribution in [-0.2, 0) is 20.7 Å². The van der Waals surface area contributed by atoms with Crippen molar-refractivity contribution in [1.82, 2.24) is 0 Å². The average molecular weight is 275 g/mol. The number of ether oxygens (including phenoxy) is 1. The summed E-state index contributed by atoms with van der Waals surface area (Å²) < 4.78 is 17.0. The van der Waals surface area contributed by atoms with Gasteiger partial charge in [0.1, 0.15) is 5.60 Å². The first-order chi connectivity index (χ1) is 7.79. The van der Waals surface area contributed by atoms with Gasteiger partial charge in [-0.15, -0.1) is 0 Å². The summed E-state index contributed by atoms with van der Waals surface area (Å²) in [6, 6.07) is 6.76. The van der Waals surface area contributed by atoms with Crippen molar-refractivity contribution in [2.24, 2.45) is 0 Å². The highest BCUT2D eigenvalue weighted by atomic mass is 35.5. The van der Waals surface area contributed by atoms with Crippen molar-refractivity contribution in [1.29, 1.82) is 0 Å². The molecule has 0 aliphatic rings. The molecule has 1 atom stereocenters. The van der Waals surface area contributed by atoms with E-state index in [9.17, 15) is 9.35 Å². The summed E-state index contributed by atoms with van der Waals surface area (Å²) in [6.45, 7) is 5.30. The quantitative estimate of drug-likeness (QED) is 0.629. The van der Waals surface area contributed by atoms with Gasteiger partial charge in [-0.1, -0.05) is 23.7 Å². The van der Waals surface area contributed by atoms with Crippen LogP contribution >= 0.6 is 11.6 Å². The van der Waals surface area contributed by atoms with Gasteiger partial charge in [-0.2, -0.15) is 0 Å². The minimum atomic E-state index is -1.47. The second-order valence-corrected chi connectivity index (χ2v) is 6.33. The third kappa shape index (κ3) is 4.98. The highest BCUT2D eigenvalue weighted by molar-refractivity contribution is 7.92. The van der Waals surface area contributed by atoms with Gasteiger partial charge in [0.25, 0.3) is 0 Å². The zero-order chi connectivity index (χ0) is 13.1. The molecule has 17 heavy (non-hydrogen) atoms. The van der Waals surface area contributed by atoms with Gasteiger partial charge in [-0.05, 0) is 44.1 Å². The maximum absolute atomic E-state index is 11.9. The number of carbonyl (C=O) groups is 1. The SMILES string of the molecule is CC(C)(C)OC(=O)C[S+]([O-])c1ccccc1Cl. The van der Waals surface area contributed by atoms with Crippen LogP contribution in [-0.4, -0.2) is 21.9 Å². The van der Waals surface area contributed by atoms with Crippen LogP contribution in [0.3, 0.4) is 0 Å². The largest absolute Gasteiger partial charge is 0.611 e. The van der Waals surface area contributed by atoms with Crippen LogP contribution in [0, 0.1) is 0 Å². The summed E-state index contributed by atoms with van der Waals surface area (Å²) in [6.07, 6.45) is 0. The van der Waals surface area contributed by atoms with E-state index in [0.29, 0.717) is 9.92 Å². The molecule has 0 saturated carbocycles. The topological polar surface area (TPSA) is 49.4 Å². The molecular weight excluding hydrogens is 260 g/mol. The molecule has 0 fully saturated rings. The van der Waals surface area contributed by atoms with Crippen LogP contribution in [0.1, 0.15) is 20.8 Å². The molecule has 0 saturated heterocycles. The summed E-state index contributed by atoms with van der Waals surface area (Å²) in [7, 11) is 0. The van der Waals surface area contributed by atoms with Crippen molar-refractivity contribution in [3.05, 3.63) is 29.3 Å². The van der Waals surface area contributed by atoms with Crippen LogP contribution in [0.2, 0.25) is 5.02 Å². The zero-order valence-electron chi connectivity index (χ0n) is 10.0. The van der Waals surface area contributed by atoms with Crippen LogP contribution in [0.15, 0.2) is 29.2 Å². The molecule has 0 radical (unpaired) electrons. The highest BCUT2D eigenvalue weighted by Gasteiger charge is 2.23. The second-order valence-electron chi connectivity index (χ2n) is 4.51. The Balaban J connectivity index is 2.64. The Morgan fingerprint density at radius 2 is 2.00 bits per heavy atom. The molecule has 1 aromatic carbocycles. The predicted octanol–water partition coefficient (Wildman–Crippen LogP) is 2.79. The third-order valence-electron chi connectivity index (χ3n) is 1.75. The maximum atomic E-state index is 11.9. The fraction of sp³-hybridized carbons (Fsp3) is 0.417. The van der Waals surface area contributed by atoms with E-state index in [1.807, 2.05) is 0 Å². The lowest BCUT2D eigenvalue weighted by atomic mass is 10.2. The molecule has 94 valence electrons. The summed E-state index contributed by atoms with van der Waals surface area (Å²) in [5.41, 5.74) is -0.568. The molecule has 0 spiro atoms. The van der Waals surface area contributed by atoms with Gasteiger partial charge in [0.15, 0.2) is 4.90 Å². The lowest BCUT2D eigenvalue weighted by Gasteiger charge is -2.20. The fourth-order valence-electron chi connectivity index (χ4n) is 1.19. The van der Waals surface area contributed by atoms with E-state index in [1.165, 1.54) is 0 Å². The van der Waals surface area contributed by atoms with Crippen LogP contribution < -0.4 is 0 Å². The molecule has 0 amide bonds. The molecule has 3 nitrogen and oxygen atoms in total. The number of carbonyl (C=O) groups excluding carboxylic acids is 1. The first-order valence-corrected chi connectivity index (χ1v) is 6.84. The first kappa shape index (κ1) is 14.4. The Hall–Kier alpha value is -0.710. The number of hydrogen-bond donors (Lipinski definition) is 0. The smallest absolute Gasteiger partial charge is 0.357 e. The van der Waals surface area contributed by atoms with Crippen molar-refractivity contribution >= 4 is 28.7 Å². The summed E-state index contributed by atoms with van der Waals surface area (Å²) in [5, 5.41) is 0.398. The van der Waals surface area contributed by atoms with E-state index in [0.717, 1.165) is 0 Å². The number of halogens is 1. The monoisotopic (exact) mass is 274 g/mol. The summed E-state index contributed by atoms with van der Waals surface area (Å²) in [5.74, 6) is -0.670. The minimum absolute atomic E-state index is 0.180. The van der Waals surface area contributed by atoms with Crippen molar-refractivity contribution in [3.63, 3.8) is 0 Å². The molecule has 0 aliphatic heterocycles. The van der Waals surface area contributed by atoms with Crippen LogP contribution in [0.25, 0.3) is 0 Å². The maximum Gasteiger partial charge on any atom is 0.357 e. The normalized spacial score (nSPS) is 13.2. The van der Waals surface area contributed by atoms with Gasteiger partial charge >= 0.3 is 5.97 Å². The molecular formula is C12H15ClO3S. The molecule has 0 bridgehead atoms. The zero-order valence-corrected chi connectivity index (χ0v) is 11.6. The Kier molecular flexibility index (Phi) is 4.86. The lowest BCUT2D eigenvalue weighted by Crippen LogP contribution is -2.28. The van der Waals surface area contributed by atoms with E-state index in [-0.39, 0.29) is 5.75 Å². The van der Waals surface area contributed by atoms with Gasteiger partial charge in [0.2, 0.25) is 5.75 Å². The van der Waals surface area contributed by atoms with Gasteiger partial charge in [-0.3, -0.25) is 0 Å². The standard InChI is InChI=1S/C12H15ClO3S/c1-12(2,3)16-11(14)8-17(15)10-7-5-4-6-9(10)13/h4-7H,8H2,1-3H3. The minimum Gasteiger partial charge on any atom is -0.611 e. The Morgan fingerprint density at radius 3 is 2.53 bits per heavy atom. The summed E-state index contributed by atoms with van der Waals surface area (Å²) >= 11 is 4.42. The molecule has 1 aromatic rings. The number of benzene rings is 1. The molecule has 0 N–H and O–H groups in total. The Morgan fingerprint density at radius 1 is 1.41 bits per heavy atom. The lowest BCUT2D eigenvalue weighted by molar-refractivity contribution is -0.151. The molecule has 1 unspecified atom stereocenters. The molecule has 1 rings (SSSR count). The number of esters is 1. The van der Waals surface area contributed by atoms with Gasteiger partial charge < -0.3 is 9.29 Å². The van der Waals surface area contributed by atoms with Crippen molar-refractivity contribution in [3.8, 4) is 0 Å². The Bertz CT molecular complexity index is 401. The molecule has 0 heterocycles. The third-order valence-corrected chi connectivity index (χ3v) is 3.54. The van der Waals surface area contributed by atoms with Crippen LogP contribution in [0.4, 0.5) is 0 Å². The van der Waals surface area contributed by atoms with Crippen LogP contribution in [0.5, 0.6) is 0 Å². The molecule has 5 heteroatoms. The van der Waals surface area contributed by atoms with E-state index in [4.69, 9.17) is 16.3 Å². The second kappa shape index (κ2) is 5.76. The first-order valence-electron chi connectivity index (χ1n) is 5.14. The molecule has 0 aliphatic carbocycles. The van der Waals surface area contributed by atoms with Crippen molar-refractivity contribution < 1.29 is 14.1 Å². The van der Waals surface area contributed by atoms with Crippen molar-refractivity contribution in [2.75, 3.05) is 5.75 Å². The fourth-order valence-corrected chi connectivity index (χ4v) is 2.52. The highest BCUT2D eigenvalue weighted by Crippen LogP contribution is 2.22. The average Bonchev–Trinajstić information content (AvgIpc) is 2.14. The number of rotatable bonds is 3. The van der Waals surface area contributed by atoms with E-state index < -0.39 is 22.7 Å². The van der Waals surface area contributed by atoms with Gasteiger partial charge in [0, 0.05) is 0 Å². The van der Waals surface area contributed by atoms with E-state index in [2.05, 4.69) is 0 Å². The number of hydrogen-bond acceptors (Lipinski definition) is 3.